The fraction of sp³-hybridized carbons (Fsp3) is 0.267. The van der Waals surface area contributed by atoms with E-state index >= 15 is 0 Å². The van der Waals surface area contributed by atoms with Crippen LogP contribution in [0.5, 0.6) is 0 Å². The monoisotopic (exact) mass is 333 g/mol. The number of hydrogen-bond donors (Lipinski definition) is 0. The van der Waals surface area contributed by atoms with Crippen LogP contribution in [0.3, 0.4) is 0 Å². The third kappa shape index (κ3) is 2.91. The fourth-order valence-electron chi connectivity index (χ4n) is 2.09. The standard InChI is InChI=1S/C15H15N3O2S2/c1-2-3-5-11-14(19)18(15(20)22-11)10-21-13-7-4-6-12-16-8-9-17(12)13/h4-9H,2-3,10H2,1H3. The predicted molar refractivity (Wildman–Crippen MR) is 88.7 cm³/mol. The smallest absolute Gasteiger partial charge is 0.294 e. The van der Waals surface area contributed by atoms with Crippen molar-refractivity contribution in [1.82, 2.24) is 14.3 Å². The van der Waals surface area contributed by atoms with Gasteiger partial charge in [-0.2, -0.15) is 0 Å². The molecular formula is C15H15N3O2S2. The van der Waals surface area contributed by atoms with Gasteiger partial charge in [0.1, 0.15) is 5.65 Å². The van der Waals surface area contributed by atoms with Gasteiger partial charge in [-0.05, 0) is 30.3 Å². The first-order valence-corrected chi connectivity index (χ1v) is 8.79. The molecule has 0 radical (unpaired) electrons. The highest BCUT2D eigenvalue weighted by Gasteiger charge is 2.34. The van der Waals surface area contributed by atoms with Crippen LogP contribution in [0.2, 0.25) is 0 Å². The number of unbranched alkanes of at least 4 members (excludes halogenated alkanes) is 1. The largest absolute Gasteiger partial charge is 0.294 e. The summed E-state index contributed by atoms with van der Waals surface area (Å²) in [5.74, 6) is 0.125. The number of amides is 2. The first kappa shape index (κ1) is 15.2. The number of fused-ring (bicyclic) bond motifs is 1. The van der Waals surface area contributed by atoms with E-state index in [0.717, 1.165) is 35.3 Å². The molecule has 1 saturated heterocycles. The number of thioether (sulfide) groups is 2. The Labute approximate surface area is 136 Å². The molecule has 0 aromatic carbocycles. The van der Waals surface area contributed by atoms with Crippen molar-refractivity contribution in [3.8, 4) is 0 Å². The number of rotatable bonds is 5. The topological polar surface area (TPSA) is 54.7 Å². The molecule has 0 aliphatic carbocycles. The summed E-state index contributed by atoms with van der Waals surface area (Å²) in [6, 6.07) is 5.78. The molecule has 0 saturated carbocycles. The minimum absolute atomic E-state index is 0.186. The van der Waals surface area contributed by atoms with Gasteiger partial charge in [0.2, 0.25) is 0 Å². The summed E-state index contributed by atoms with van der Waals surface area (Å²) in [5.41, 5.74) is 0.849. The predicted octanol–water partition coefficient (Wildman–Crippen LogP) is 3.76. The minimum Gasteiger partial charge on any atom is -0.294 e. The van der Waals surface area contributed by atoms with Crippen LogP contribution in [0.25, 0.3) is 5.65 Å². The molecule has 2 amide bonds. The van der Waals surface area contributed by atoms with E-state index in [9.17, 15) is 9.59 Å². The van der Waals surface area contributed by atoms with E-state index in [2.05, 4.69) is 4.98 Å². The van der Waals surface area contributed by atoms with Crippen molar-refractivity contribution in [1.29, 1.82) is 0 Å². The number of imide groups is 1. The second-order valence-electron chi connectivity index (χ2n) is 4.75. The van der Waals surface area contributed by atoms with E-state index in [0.29, 0.717) is 10.8 Å². The zero-order valence-corrected chi connectivity index (χ0v) is 13.7. The van der Waals surface area contributed by atoms with E-state index in [1.807, 2.05) is 41.8 Å². The minimum atomic E-state index is -0.197. The fourth-order valence-corrected chi connectivity index (χ4v) is 3.98. The van der Waals surface area contributed by atoms with Gasteiger partial charge in [-0.1, -0.05) is 37.2 Å². The van der Waals surface area contributed by atoms with Crippen LogP contribution < -0.4 is 0 Å². The summed E-state index contributed by atoms with van der Waals surface area (Å²) in [4.78, 5) is 30.3. The molecule has 1 fully saturated rings. The molecule has 114 valence electrons. The normalized spacial score (nSPS) is 17.1. The first-order valence-electron chi connectivity index (χ1n) is 6.99. The lowest BCUT2D eigenvalue weighted by atomic mass is 10.3. The molecule has 0 unspecified atom stereocenters. The molecule has 22 heavy (non-hydrogen) atoms. The third-order valence-electron chi connectivity index (χ3n) is 3.22. The second kappa shape index (κ2) is 6.58. The number of aromatic nitrogens is 2. The Morgan fingerprint density at radius 3 is 3.05 bits per heavy atom. The molecule has 1 aliphatic heterocycles. The van der Waals surface area contributed by atoms with Gasteiger partial charge in [0.25, 0.3) is 11.1 Å². The Morgan fingerprint density at radius 1 is 1.36 bits per heavy atom. The third-order valence-corrected chi connectivity index (χ3v) is 5.20. The van der Waals surface area contributed by atoms with Crippen LogP contribution >= 0.6 is 23.5 Å². The van der Waals surface area contributed by atoms with Gasteiger partial charge in [-0.15, -0.1) is 0 Å². The number of allylic oxidation sites excluding steroid dienone is 1. The SMILES string of the molecule is CCCC=C1SC(=O)N(CSc2cccc3nccn23)C1=O. The molecule has 3 rings (SSSR count). The summed E-state index contributed by atoms with van der Waals surface area (Å²) < 4.78 is 1.94. The molecule has 2 aromatic heterocycles. The van der Waals surface area contributed by atoms with Crippen molar-refractivity contribution >= 4 is 40.3 Å². The number of carbonyl (C=O) groups is 2. The van der Waals surface area contributed by atoms with Crippen LogP contribution in [-0.2, 0) is 4.79 Å². The van der Waals surface area contributed by atoms with Gasteiger partial charge >= 0.3 is 0 Å². The number of hydrogen-bond acceptors (Lipinski definition) is 5. The lowest BCUT2D eigenvalue weighted by Crippen LogP contribution is -2.27. The van der Waals surface area contributed by atoms with Crippen molar-refractivity contribution in [3.63, 3.8) is 0 Å². The number of nitrogens with zero attached hydrogens (tertiary/aromatic N) is 3. The summed E-state index contributed by atoms with van der Waals surface area (Å²) >= 11 is 2.48. The molecule has 3 heterocycles. The molecule has 0 spiro atoms. The quantitative estimate of drug-likeness (QED) is 0.616. The number of carbonyl (C=O) groups excluding carboxylic acids is 2. The Balaban J connectivity index is 1.72. The van der Waals surface area contributed by atoms with Crippen molar-refractivity contribution in [2.45, 2.75) is 24.8 Å². The summed E-state index contributed by atoms with van der Waals surface area (Å²) in [7, 11) is 0. The van der Waals surface area contributed by atoms with E-state index in [-0.39, 0.29) is 11.1 Å². The Morgan fingerprint density at radius 2 is 2.23 bits per heavy atom. The summed E-state index contributed by atoms with van der Waals surface area (Å²) in [5, 5.41) is 0.754. The van der Waals surface area contributed by atoms with E-state index < -0.39 is 0 Å². The van der Waals surface area contributed by atoms with Gasteiger partial charge in [0, 0.05) is 12.4 Å². The Hall–Kier alpha value is -1.73. The molecule has 2 aromatic rings. The molecule has 0 bridgehead atoms. The van der Waals surface area contributed by atoms with Gasteiger partial charge in [0.15, 0.2) is 0 Å². The number of imidazole rings is 1. The van der Waals surface area contributed by atoms with E-state index in [1.165, 1.54) is 16.7 Å². The zero-order valence-electron chi connectivity index (χ0n) is 12.1. The lowest BCUT2D eigenvalue weighted by Gasteiger charge is -2.12. The van der Waals surface area contributed by atoms with E-state index in [1.54, 1.807) is 6.20 Å². The van der Waals surface area contributed by atoms with Gasteiger partial charge < -0.3 is 0 Å². The summed E-state index contributed by atoms with van der Waals surface area (Å²) in [6.45, 7) is 2.04. The van der Waals surface area contributed by atoms with Crippen molar-refractivity contribution < 1.29 is 9.59 Å². The summed E-state index contributed by atoms with van der Waals surface area (Å²) in [6.07, 6.45) is 7.23. The van der Waals surface area contributed by atoms with Gasteiger partial charge in [-0.25, -0.2) is 4.98 Å². The highest BCUT2D eigenvalue weighted by molar-refractivity contribution is 8.18. The Bertz CT molecular complexity index is 754. The van der Waals surface area contributed by atoms with Crippen molar-refractivity contribution in [3.05, 3.63) is 41.6 Å². The second-order valence-corrected chi connectivity index (χ2v) is 6.71. The van der Waals surface area contributed by atoms with Crippen molar-refractivity contribution in [2.75, 3.05) is 5.88 Å². The molecule has 5 nitrogen and oxygen atoms in total. The van der Waals surface area contributed by atoms with Crippen molar-refractivity contribution in [2.24, 2.45) is 0 Å². The average Bonchev–Trinajstić information content (AvgIpc) is 3.09. The highest BCUT2D eigenvalue weighted by atomic mass is 32.2. The molecule has 1 aliphatic rings. The number of pyridine rings is 1. The van der Waals surface area contributed by atoms with Crippen LogP contribution in [0.4, 0.5) is 4.79 Å². The zero-order chi connectivity index (χ0) is 15.5. The van der Waals surface area contributed by atoms with Gasteiger partial charge in [-0.3, -0.25) is 18.9 Å². The molecular weight excluding hydrogens is 318 g/mol. The van der Waals surface area contributed by atoms with Crippen LogP contribution in [0, 0.1) is 0 Å². The first-order chi connectivity index (χ1) is 10.7. The van der Waals surface area contributed by atoms with Crippen LogP contribution in [0.1, 0.15) is 19.8 Å². The van der Waals surface area contributed by atoms with E-state index in [4.69, 9.17) is 0 Å². The maximum Gasteiger partial charge on any atom is 0.294 e. The lowest BCUT2D eigenvalue weighted by molar-refractivity contribution is -0.122. The average molecular weight is 333 g/mol. The highest BCUT2D eigenvalue weighted by Crippen LogP contribution is 2.33. The molecule has 0 N–H and O–H groups in total. The maximum absolute atomic E-state index is 12.2. The van der Waals surface area contributed by atoms with Crippen LogP contribution in [0.15, 0.2) is 46.6 Å². The Kier molecular flexibility index (Phi) is 4.54. The molecule has 7 heteroatoms. The van der Waals surface area contributed by atoms with Gasteiger partial charge in [0.05, 0.1) is 15.8 Å². The maximum atomic E-state index is 12.2. The van der Waals surface area contributed by atoms with Crippen LogP contribution in [-0.4, -0.2) is 31.3 Å². The molecule has 0 atom stereocenters.